The summed E-state index contributed by atoms with van der Waals surface area (Å²) in [6.45, 7) is 0. The van der Waals surface area contributed by atoms with Crippen LogP contribution in [-0.2, 0) is 10.3 Å². The third kappa shape index (κ3) is 1.89. The molecule has 1 aliphatic carbocycles. The van der Waals surface area contributed by atoms with Gasteiger partial charge in [-0.1, -0.05) is 18.2 Å². The van der Waals surface area contributed by atoms with Crippen molar-refractivity contribution in [1.29, 1.82) is 0 Å². The van der Waals surface area contributed by atoms with E-state index in [0.29, 0.717) is 5.69 Å². The molecule has 0 bridgehead atoms. The summed E-state index contributed by atoms with van der Waals surface area (Å²) in [5, 5.41) is 0. The number of anilines is 1. The molecule has 2 amide bonds. The zero-order valence-corrected chi connectivity index (χ0v) is 10.2. The number of primary amides is 1. The van der Waals surface area contributed by atoms with Crippen molar-refractivity contribution in [3.63, 3.8) is 0 Å². The Morgan fingerprint density at radius 2 is 2.11 bits per heavy atom. The summed E-state index contributed by atoms with van der Waals surface area (Å²) >= 11 is 0. The Morgan fingerprint density at radius 3 is 2.61 bits per heavy atom. The molecule has 1 fully saturated rings. The van der Waals surface area contributed by atoms with Gasteiger partial charge >= 0.3 is 6.03 Å². The molecular formula is C13H15N3O2. The number of aliphatic imine (C=N–C) groups is 1. The molecular weight excluding hydrogens is 230 g/mol. The van der Waals surface area contributed by atoms with Crippen LogP contribution in [0.3, 0.4) is 0 Å². The number of carbonyl (C=O) groups excluding carboxylic acids is 2. The number of carbonyl (C=O) groups is 1. The van der Waals surface area contributed by atoms with E-state index in [0.717, 1.165) is 24.8 Å². The molecule has 1 aromatic carbocycles. The highest BCUT2D eigenvalue weighted by Crippen LogP contribution is 2.47. The molecule has 2 rings (SSSR count). The number of para-hydroxylation sites is 1. The minimum atomic E-state index is -0.535. The van der Waals surface area contributed by atoms with Crippen molar-refractivity contribution in [3.05, 3.63) is 29.8 Å². The van der Waals surface area contributed by atoms with Crippen LogP contribution in [0.4, 0.5) is 10.5 Å². The molecule has 0 radical (unpaired) electrons. The Balaban J connectivity index is 2.50. The molecule has 18 heavy (non-hydrogen) atoms. The second kappa shape index (κ2) is 4.63. The average Bonchev–Trinajstić information content (AvgIpc) is 2.33. The number of nitrogens with zero attached hydrogens (tertiary/aromatic N) is 2. The average molecular weight is 245 g/mol. The SMILES string of the molecule is CN(C(N)=O)c1ccccc1C1(N=C=O)CCC1. The molecule has 0 spiro atoms. The fraction of sp³-hybridized carbons (Fsp3) is 0.385. The summed E-state index contributed by atoms with van der Waals surface area (Å²) in [5.74, 6) is 0. The Morgan fingerprint density at radius 1 is 1.44 bits per heavy atom. The van der Waals surface area contributed by atoms with Crippen LogP contribution < -0.4 is 10.6 Å². The molecule has 1 aliphatic rings. The minimum absolute atomic E-state index is 0.526. The Bertz CT molecular complexity index is 517. The van der Waals surface area contributed by atoms with Crippen LogP contribution in [0.15, 0.2) is 29.3 Å². The quantitative estimate of drug-likeness (QED) is 0.652. The zero-order chi connectivity index (χ0) is 13.2. The third-order valence-corrected chi connectivity index (χ3v) is 3.54. The lowest BCUT2D eigenvalue weighted by Crippen LogP contribution is -2.37. The Labute approximate surface area is 105 Å². The van der Waals surface area contributed by atoms with E-state index >= 15 is 0 Å². The van der Waals surface area contributed by atoms with Gasteiger partial charge in [-0.05, 0) is 25.3 Å². The van der Waals surface area contributed by atoms with Crippen LogP contribution in [-0.4, -0.2) is 19.2 Å². The van der Waals surface area contributed by atoms with Crippen LogP contribution in [0, 0.1) is 0 Å². The fourth-order valence-corrected chi connectivity index (χ4v) is 2.32. The van der Waals surface area contributed by atoms with E-state index in [-0.39, 0.29) is 0 Å². The molecule has 0 atom stereocenters. The van der Waals surface area contributed by atoms with Gasteiger partial charge in [0.2, 0.25) is 6.08 Å². The summed E-state index contributed by atoms with van der Waals surface area (Å²) in [6, 6.07) is 6.85. The highest BCUT2D eigenvalue weighted by molar-refractivity contribution is 5.91. The lowest BCUT2D eigenvalue weighted by atomic mass is 9.71. The van der Waals surface area contributed by atoms with Crippen molar-refractivity contribution in [3.8, 4) is 0 Å². The molecule has 0 aromatic heterocycles. The van der Waals surface area contributed by atoms with Gasteiger partial charge in [0.15, 0.2) is 0 Å². The van der Waals surface area contributed by atoms with Crippen LogP contribution in [0.25, 0.3) is 0 Å². The number of isocyanates is 1. The topological polar surface area (TPSA) is 75.8 Å². The Hall–Kier alpha value is -2.13. The molecule has 0 heterocycles. The number of urea groups is 1. The van der Waals surface area contributed by atoms with Gasteiger partial charge < -0.3 is 5.73 Å². The van der Waals surface area contributed by atoms with Gasteiger partial charge in [-0.15, -0.1) is 0 Å². The summed E-state index contributed by atoms with van der Waals surface area (Å²) in [5.41, 5.74) is 6.33. The summed E-state index contributed by atoms with van der Waals surface area (Å²) in [7, 11) is 1.61. The number of rotatable bonds is 3. The maximum atomic E-state index is 11.3. The monoisotopic (exact) mass is 245 g/mol. The Kier molecular flexibility index (Phi) is 3.17. The first-order chi connectivity index (χ1) is 8.60. The molecule has 0 aliphatic heterocycles. The molecule has 94 valence electrons. The lowest BCUT2D eigenvalue weighted by Gasteiger charge is -2.39. The van der Waals surface area contributed by atoms with Gasteiger partial charge in [0, 0.05) is 12.6 Å². The third-order valence-electron chi connectivity index (χ3n) is 3.54. The normalized spacial score (nSPS) is 16.3. The largest absolute Gasteiger partial charge is 0.351 e. The molecule has 0 saturated heterocycles. The van der Waals surface area contributed by atoms with Crippen molar-refractivity contribution in [1.82, 2.24) is 0 Å². The smallest absolute Gasteiger partial charge is 0.319 e. The van der Waals surface area contributed by atoms with Crippen LogP contribution in [0.2, 0.25) is 0 Å². The fourth-order valence-electron chi connectivity index (χ4n) is 2.32. The first-order valence-electron chi connectivity index (χ1n) is 5.82. The number of hydrogen-bond donors (Lipinski definition) is 1. The van der Waals surface area contributed by atoms with Crippen molar-refractivity contribution in [2.24, 2.45) is 10.7 Å². The lowest BCUT2D eigenvalue weighted by molar-refractivity contribution is 0.251. The van der Waals surface area contributed by atoms with Crippen molar-refractivity contribution in [2.45, 2.75) is 24.8 Å². The molecule has 1 saturated carbocycles. The van der Waals surface area contributed by atoms with Crippen LogP contribution >= 0.6 is 0 Å². The highest BCUT2D eigenvalue weighted by Gasteiger charge is 2.41. The van der Waals surface area contributed by atoms with E-state index in [9.17, 15) is 9.59 Å². The number of benzene rings is 1. The van der Waals surface area contributed by atoms with E-state index < -0.39 is 11.6 Å². The standard InChI is InChI=1S/C13H15N3O2/c1-16(12(14)18)11-6-3-2-5-10(11)13(15-9-17)7-4-8-13/h2-3,5-6H,4,7-8H2,1H3,(H2,14,18). The van der Waals surface area contributed by atoms with Gasteiger partial charge in [0.1, 0.15) is 5.54 Å². The molecule has 1 aromatic rings. The van der Waals surface area contributed by atoms with E-state index in [1.165, 1.54) is 4.90 Å². The second-order valence-electron chi connectivity index (χ2n) is 4.50. The van der Waals surface area contributed by atoms with Gasteiger partial charge in [-0.3, -0.25) is 4.90 Å². The van der Waals surface area contributed by atoms with Crippen molar-refractivity contribution < 1.29 is 9.59 Å². The minimum Gasteiger partial charge on any atom is -0.351 e. The highest BCUT2D eigenvalue weighted by atomic mass is 16.2. The predicted molar refractivity (Wildman–Crippen MR) is 68.1 cm³/mol. The molecule has 5 nitrogen and oxygen atoms in total. The first-order valence-corrected chi connectivity index (χ1v) is 5.82. The van der Waals surface area contributed by atoms with Crippen molar-refractivity contribution >= 4 is 17.8 Å². The zero-order valence-electron chi connectivity index (χ0n) is 10.2. The maximum absolute atomic E-state index is 11.3. The predicted octanol–water partition coefficient (Wildman–Crippen LogP) is 1.92. The number of amides is 2. The number of hydrogen-bond acceptors (Lipinski definition) is 3. The van der Waals surface area contributed by atoms with E-state index in [2.05, 4.69) is 4.99 Å². The van der Waals surface area contributed by atoms with Gasteiger partial charge in [0.25, 0.3) is 0 Å². The van der Waals surface area contributed by atoms with Crippen LogP contribution in [0.1, 0.15) is 24.8 Å². The van der Waals surface area contributed by atoms with E-state index in [1.54, 1.807) is 19.2 Å². The van der Waals surface area contributed by atoms with Crippen LogP contribution in [0.5, 0.6) is 0 Å². The summed E-state index contributed by atoms with van der Waals surface area (Å²) in [4.78, 5) is 27.2. The molecule has 0 unspecified atom stereocenters. The maximum Gasteiger partial charge on any atom is 0.319 e. The van der Waals surface area contributed by atoms with Gasteiger partial charge in [0.05, 0.1) is 5.69 Å². The van der Waals surface area contributed by atoms with E-state index in [4.69, 9.17) is 5.73 Å². The van der Waals surface area contributed by atoms with E-state index in [1.807, 2.05) is 18.2 Å². The molecule has 2 N–H and O–H groups in total. The van der Waals surface area contributed by atoms with Gasteiger partial charge in [-0.25, -0.2) is 9.59 Å². The number of nitrogens with two attached hydrogens (primary N) is 1. The van der Waals surface area contributed by atoms with Crippen molar-refractivity contribution in [2.75, 3.05) is 11.9 Å². The first kappa shape index (κ1) is 12.3. The second-order valence-corrected chi connectivity index (χ2v) is 4.50. The molecule has 5 heteroatoms. The van der Waals surface area contributed by atoms with Gasteiger partial charge in [-0.2, -0.15) is 4.99 Å². The summed E-state index contributed by atoms with van der Waals surface area (Å²) in [6.07, 6.45) is 4.25. The summed E-state index contributed by atoms with van der Waals surface area (Å²) < 4.78 is 0.